The molecule has 0 spiro atoms. The predicted octanol–water partition coefficient (Wildman–Crippen LogP) is 7.70. The maximum atomic E-state index is 13.2. The molecule has 2 unspecified atom stereocenters. The molecule has 8 nitrogen and oxygen atoms in total. The first kappa shape index (κ1) is 32.6. The summed E-state index contributed by atoms with van der Waals surface area (Å²) in [6.45, 7) is 3.20. The Morgan fingerprint density at radius 2 is 1.02 bits per heavy atom. The van der Waals surface area contributed by atoms with E-state index in [1.165, 1.54) is 0 Å². The molecule has 3 aliphatic heterocycles. The lowest BCUT2D eigenvalue weighted by atomic mass is 9.69. The first-order chi connectivity index (χ1) is 23.7. The van der Waals surface area contributed by atoms with Crippen LogP contribution >= 0.6 is 0 Å². The first-order valence-electron chi connectivity index (χ1n) is 17.2. The van der Waals surface area contributed by atoms with Gasteiger partial charge >= 0.3 is 0 Å². The highest BCUT2D eigenvalue weighted by Gasteiger charge is 2.46. The molecule has 252 valence electrons. The summed E-state index contributed by atoms with van der Waals surface area (Å²) in [7, 11) is 0. The van der Waals surface area contributed by atoms with Gasteiger partial charge in [-0.2, -0.15) is 0 Å². The number of para-hydroxylation sites is 2. The third-order valence-electron chi connectivity index (χ3n) is 9.27. The standard InChI is InChI=1S/C40H44O8/c41-40(39-33-9-1-3-11-35(33)48-36-12-4-2-10-34(36)39,29-15-19-31(20-16-29)42-25-27-46-37-13-5-7-23-44-37)30-17-21-32(22-18-30)43-26-28-47-38-14-6-8-24-45-38/h1-4,9-12,15-22,37-39,41H,5-8,13-14,23-28H2. The molecule has 3 heterocycles. The molecule has 0 aliphatic carbocycles. The van der Waals surface area contributed by atoms with Crippen molar-refractivity contribution in [2.45, 2.75) is 62.6 Å². The average molecular weight is 653 g/mol. The van der Waals surface area contributed by atoms with Gasteiger partial charge < -0.3 is 38.3 Å². The Balaban J connectivity index is 1.13. The zero-order valence-electron chi connectivity index (χ0n) is 27.3. The van der Waals surface area contributed by atoms with Crippen LogP contribution in [0.15, 0.2) is 97.1 Å². The molecule has 0 radical (unpaired) electrons. The number of ether oxygens (including phenoxy) is 7. The quantitative estimate of drug-likeness (QED) is 0.147. The Morgan fingerprint density at radius 3 is 1.46 bits per heavy atom. The van der Waals surface area contributed by atoms with Crippen molar-refractivity contribution in [3.05, 3.63) is 119 Å². The molecule has 0 aromatic heterocycles. The Morgan fingerprint density at radius 1 is 0.562 bits per heavy atom. The van der Waals surface area contributed by atoms with Gasteiger partial charge in [0.2, 0.25) is 0 Å². The van der Waals surface area contributed by atoms with Crippen LogP contribution in [-0.2, 0) is 24.5 Å². The van der Waals surface area contributed by atoms with Gasteiger partial charge in [0.1, 0.15) is 41.8 Å². The zero-order chi connectivity index (χ0) is 32.6. The van der Waals surface area contributed by atoms with Crippen LogP contribution in [0.5, 0.6) is 23.0 Å². The van der Waals surface area contributed by atoms with Crippen LogP contribution in [0, 0.1) is 0 Å². The maximum absolute atomic E-state index is 13.2. The third-order valence-corrected chi connectivity index (χ3v) is 9.27. The van der Waals surface area contributed by atoms with Gasteiger partial charge in [-0.1, -0.05) is 60.7 Å². The fourth-order valence-electron chi connectivity index (χ4n) is 6.83. The van der Waals surface area contributed by atoms with Crippen molar-refractivity contribution in [1.29, 1.82) is 0 Å². The molecular weight excluding hydrogens is 608 g/mol. The molecular formula is C40H44O8. The Bertz CT molecular complexity index is 1480. The highest BCUT2D eigenvalue weighted by atomic mass is 16.7. The molecule has 0 bridgehead atoms. The van der Waals surface area contributed by atoms with Gasteiger partial charge in [-0.25, -0.2) is 0 Å². The van der Waals surface area contributed by atoms with Crippen molar-refractivity contribution in [3.63, 3.8) is 0 Å². The van der Waals surface area contributed by atoms with Crippen LogP contribution in [0.2, 0.25) is 0 Å². The fourth-order valence-corrected chi connectivity index (χ4v) is 6.83. The van der Waals surface area contributed by atoms with Crippen LogP contribution in [0.25, 0.3) is 0 Å². The molecule has 7 rings (SSSR count). The minimum Gasteiger partial charge on any atom is -0.491 e. The number of hydrogen-bond donors (Lipinski definition) is 1. The van der Waals surface area contributed by atoms with E-state index in [9.17, 15) is 5.11 Å². The van der Waals surface area contributed by atoms with Crippen molar-refractivity contribution in [1.82, 2.24) is 0 Å². The summed E-state index contributed by atoms with van der Waals surface area (Å²) < 4.78 is 41.3. The van der Waals surface area contributed by atoms with E-state index in [1.54, 1.807) is 0 Å². The molecule has 48 heavy (non-hydrogen) atoms. The van der Waals surface area contributed by atoms with E-state index in [-0.39, 0.29) is 12.6 Å². The normalized spacial score (nSPS) is 20.5. The molecule has 2 fully saturated rings. The summed E-state index contributed by atoms with van der Waals surface area (Å²) >= 11 is 0. The molecule has 2 atom stereocenters. The number of fused-ring (bicyclic) bond motifs is 2. The van der Waals surface area contributed by atoms with Crippen LogP contribution in [0.4, 0.5) is 0 Å². The van der Waals surface area contributed by atoms with Gasteiger partial charge in [0.05, 0.1) is 19.1 Å². The minimum atomic E-state index is -1.46. The largest absolute Gasteiger partial charge is 0.491 e. The molecule has 1 N–H and O–H groups in total. The lowest BCUT2D eigenvalue weighted by Gasteiger charge is -2.41. The van der Waals surface area contributed by atoms with Gasteiger partial charge in [-0.3, -0.25) is 0 Å². The van der Waals surface area contributed by atoms with Crippen molar-refractivity contribution in [2.24, 2.45) is 0 Å². The molecule has 2 saturated heterocycles. The summed E-state index contributed by atoms with van der Waals surface area (Å²) in [5, 5.41) is 13.2. The van der Waals surface area contributed by atoms with Crippen LogP contribution in [0.1, 0.15) is 66.7 Å². The molecule has 0 amide bonds. The van der Waals surface area contributed by atoms with Gasteiger partial charge in [0, 0.05) is 24.3 Å². The highest BCUT2D eigenvalue weighted by molar-refractivity contribution is 5.59. The van der Waals surface area contributed by atoms with Gasteiger partial charge in [0.25, 0.3) is 0 Å². The molecule has 4 aromatic rings. The molecule has 8 heteroatoms. The SMILES string of the molecule is OC(c1ccc(OCCOC2CCCCO2)cc1)(c1ccc(OCCOC2CCCCO2)cc1)C1c2ccccc2Oc2ccccc21. The van der Waals surface area contributed by atoms with E-state index in [1.807, 2.05) is 97.1 Å². The van der Waals surface area contributed by atoms with E-state index in [4.69, 9.17) is 33.2 Å². The second kappa shape index (κ2) is 15.5. The fraction of sp³-hybridized carbons (Fsp3) is 0.400. The van der Waals surface area contributed by atoms with E-state index in [2.05, 4.69) is 0 Å². The number of benzene rings is 4. The van der Waals surface area contributed by atoms with Gasteiger partial charge in [-0.05, 0) is 86.1 Å². The van der Waals surface area contributed by atoms with Gasteiger partial charge in [-0.15, -0.1) is 0 Å². The summed E-state index contributed by atoms with van der Waals surface area (Å²) in [6.07, 6.45) is 5.97. The summed E-state index contributed by atoms with van der Waals surface area (Å²) in [6, 6.07) is 31.2. The number of hydrogen-bond acceptors (Lipinski definition) is 8. The van der Waals surface area contributed by atoms with Crippen molar-refractivity contribution >= 4 is 0 Å². The summed E-state index contributed by atoms with van der Waals surface area (Å²) in [5.74, 6) is 2.40. The predicted molar refractivity (Wildman–Crippen MR) is 181 cm³/mol. The van der Waals surface area contributed by atoms with Crippen molar-refractivity contribution < 1.29 is 38.3 Å². The maximum Gasteiger partial charge on any atom is 0.157 e. The molecule has 0 saturated carbocycles. The van der Waals surface area contributed by atoms with Crippen LogP contribution in [-0.4, -0.2) is 57.3 Å². The number of rotatable bonds is 13. The average Bonchev–Trinajstić information content (AvgIpc) is 3.15. The van der Waals surface area contributed by atoms with E-state index in [0.29, 0.717) is 37.9 Å². The first-order valence-corrected chi connectivity index (χ1v) is 17.2. The van der Waals surface area contributed by atoms with E-state index in [0.717, 1.165) is 85.5 Å². The summed E-state index contributed by atoms with van der Waals surface area (Å²) in [5.41, 5.74) is 1.81. The topological polar surface area (TPSA) is 84.8 Å². The minimum absolute atomic E-state index is 0.147. The van der Waals surface area contributed by atoms with Crippen molar-refractivity contribution in [3.8, 4) is 23.0 Å². The van der Waals surface area contributed by atoms with E-state index < -0.39 is 11.5 Å². The Kier molecular flexibility index (Phi) is 10.6. The monoisotopic (exact) mass is 652 g/mol. The summed E-state index contributed by atoms with van der Waals surface area (Å²) in [4.78, 5) is 0. The van der Waals surface area contributed by atoms with Gasteiger partial charge in [0.15, 0.2) is 12.6 Å². The second-order valence-corrected chi connectivity index (χ2v) is 12.5. The third kappa shape index (κ3) is 7.38. The van der Waals surface area contributed by atoms with Crippen LogP contribution < -0.4 is 14.2 Å². The number of aliphatic hydroxyl groups is 1. The zero-order valence-corrected chi connectivity index (χ0v) is 27.3. The van der Waals surface area contributed by atoms with Crippen molar-refractivity contribution in [2.75, 3.05) is 39.6 Å². The molecule has 3 aliphatic rings. The lowest BCUT2D eigenvalue weighted by molar-refractivity contribution is -0.165. The smallest absolute Gasteiger partial charge is 0.157 e. The highest BCUT2D eigenvalue weighted by Crippen LogP contribution is 2.54. The van der Waals surface area contributed by atoms with Crippen LogP contribution in [0.3, 0.4) is 0 Å². The van der Waals surface area contributed by atoms with E-state index >= 15 is 0 Å². The second-order valence-electron chi connectivity index (χ2n) is 12.5. The Labute approximate surface area is 282 Å². The molecule has 4 aromatic carbocycles. The Hall–Kier alpha value is -3.92. The lowest BCUT2D eigenvalue weighted by Crippen LogP contribution is -2.37.